The summed E-state index contributed by atoms with van der Waals surface area (Å²) in [6.45, 7) is 5.47. The van der Waals surface area contributed by atoms with Gasteiger partial charge in [0.05, 0.1) is 34.3 Å². The number of fused-ring (bicyclic) bond motifs is 4. The van der Waals surface area contributed by atoms with Crippen LogP contribution < -0.4 is 16.0 Å². The smallest absolute Gasteiger partial charge is 0.142 e. The van der Waals surface area contributed by atoms with Gasteiger partial charge in [0.1, 0.15) is 11.3 Å². The minimum atomic E-state index is -0.157. The van der Waals surface area contributed by atoms with Crippen LogP contribution in [0.5, 0.6) is 0 Å². The molecule has 1 saturated carbocycles. The molecule has 29 heavy (non-hydrogen) atoms. The second-order valence-electron chi connectivity index (χ2n) is 8.04. The summed E-state index contributed by atoms with van der Waals surface area (Å²) in [5, 5.41) is 12.2. The Morgan fingerprint density at radius 1 is 1.17 bits per heavy atom. The van der Waals surface area contributed by atoms with E-state index in [4.69, 9.17) is 16.0 Å². The Kier molecular flexibility index (Phi) is 4.72. The summed E-state index contributed by atoms with van der Waals surface area (Å²) in [6, 6.07) is 10.0. The van der Waals surface area contributed by atoms with Crippen LogP contribution in [0.25, 0.3) is 11.0 Å². The van der Waals surface area contributed by atoms with Crippen LogP contribution in [0.1, 0.15) is 49.1 Å². The van der Waals surface area contributed by atoms with E-state index < -0.39 is 0 Å². The van der Waals surface area contributed by atoms with Crippen LogP contribution in [0.3, 0.4) is 0 Å². The maximum absolute atomic E-state index is 6.69. The summed E-state index contributed by atoms with van der Waals surface area (Å²) in [6.07, 6.45) is 7.57. The first-order chi connectivity index (χ1) is 14.1. The Morgan fingerprint density at radius 2 is 2.03 bits per heavy atom. The summed E-state index contributed by atoms with van der Waals surface area (Å²) in [7, 11) is 0. The number of hydrogen-bond donors (Lipinski definition) is 3. The molecular formula is C23H25ClN4O. The van der Waals surface area contributed by atoms with E-state index in [1.165, 1.54) is 19.3 Å². The minimum absolute atomic E-state index is 0.157. The number of nitrogens with one attached hydrogen (secondary N) is 3. The zero-order valence-electron chi connectivity index (χ0n) is 16.4. The summed E-state index contributed by atoms with van der Waals surface area (Å²) >= 11 is 6.69. The SMILES string of the molecule is C=C1Nc2c(Cl)cc3cc(CNCc4ccccn4)oc3c2C2(CCCCC2)N1. The molecule has 0 amide bonds. The van der Waals surface area contributed by atoms with E-state index in [0.717, 1.165) is 52.3 Å². The van der Waals surface area contributed by atoms with Crippen LogP contribution in [0.15, 0.2) is 53.3 Å². The number of furan rings is 1. The molecule has 3 heterocycles. The molecule has 5 nitrogen and oxygen atoms in total. The van der Waals surface area contributed by atoms with Crippen molar-refractivity contribution in [2.24, 2.45) is 0 Å². The molecule has 2 aromatic heterocycles. The van der Waals surface area contributed by atoms with Gasteiger partial charge in [-0.05, 0) is 37.1 Å². The van der Waals surface area contributed by atoms with E-state index in [1.807, 2.05) is 30.5 Å². The first kappa shape index (κ1) is 18.5. The second-order valence-corrected chi connectivity index (χ2v) is 8.44. The van der Waals surface area contributed by atoms with Crippen molar-refractivity contribution in [1.82, 2.24) is 15.6 Å². The van der Waals surface area contributed by atoms with Crippen molar-refractivity contribution in [3.63, 3.8) is 0 Å². The Morgan fingerprint density at radius 3 is 2.83 bits per heavy atom. The van der Waals surface area contributed by atoms with Crippen LogP contribution >= 0.6 is 11.6 Å². The number of halogens is 1. The summed E-state index contributed by atoms with van der Waals surface area (Å²) in [4.78, 5) is 4.35. The van der Waals surface area contributed by atoms with Crippen LogP contribution in [-0.4, -0.2) is 4.98 Å². The molecule has 6 heteroatoms. The van der Waals surface area contributed by atoms with Gasteiger partial charge in [-0.2, -0.15) is 0 Å². The molecule has 0 bridgehead atoms. The zero-order chi connectivity index (χ0) is 19.8. The molecule has 0 unspecified atom stereocenters. The van der Waals surface area contributed by atoms with Gasteiger partial charge in [-0.3, -0.25) is 4.98 Å². The third kappa shape index (κ3) is 3.38. The fourth-order valence-corrected chi connectivity index (χ4v) is 5.01. The van der Waals surface area contributed by atoms with Crippen LogP contribution in [-0.2, 0) is 18.6 Å². The van der Waals surface area contributed by atoms with Crippen molar-refractivity contribution in [3.8, 4) is 0 Å². The van der Waals surface area contributed by atoms with Gasteiger partial charge >= 0.3 is 0 Å². The van der Waals surface area contributed by atoms with Gasteiger partial charge in [0.25, 0.3) is 0 Å². The quantitative estimate of drug-likeness (QED) is 0.538. The van der Waals surface area contributed by atoms with Crippen molar-refractivity contribution in [2.75, 3.05) is 5.32 Å². The minimum Gasteiger partial charge on any atom is -0.459 e. The van der Waals surface area contributed by atoms with Crippen LogP contribution in [0.4, 0.5) is 5.69 Å². The topological polar surface area (TPSA) is 62.1 Å². The Bertz CT molecular complexity index is 1050. The average Bonchev–Trinajstić information content (AvgIpc) is 3.11. The predicted molar refractivity (Wildman–Crippen MR) is 117 cm³/mol. The molecular weight excluding hydrogens is 384 g/mol. The van der Waals surface area contributed by atoms with Crippen molar-refractivity contribution < 1.29 is 4.42 Å². The fraction of sp³-hybridized carbons (Fsp3) is 0.348. The van der Waals surface area contributed by atoms with Gasteiger partial charge in [-0.15, -0.1) is 0 Å². The first-order valence-corrected chi connectivity index (χ1v) is 10.6. The van der Waals surface area contributed by atoms with Crippen molar-refractivity contribution >= 4 is 28.3 Å². The Labute approximate surface area is 175 Å². The molecule has 1 fully saturated rings. The highest BCUT2D eigenvalue weighted by Crippen LogP contribution is 2.49. The number of nitrogens with zero attached hydrogens (tertiary/aromatic N) is 1. The molecule has 3 aromatic rings. The largest absolute Gasteiger partial charge is 0.459 e. The maximum atomic E-state index is 6.69. The molecule has 1 aliphatic heterocycles. The van der Waals surface area contributed by atoms with Crippen molar-refractivity contribution in [3.05, 3.63) is 71.0 Å². The van der Waals surface area contributed by atoms with E-state index >= 15 is 0 Å². The van der Waals surface area contributed by atoms with Gasteiger partial charge in [0, 0.05) is 23.7 Å². The lowest BCUT2D eigenvalue weighted by Crippen LogP contribution is -2.48. The first-order valence-electron chi connectivity index (χ1n) is 10.2. The Balaban J connectivity index is 1.49. The highest BCUT2D eigenvalue weighted by molar-refractivity contribution is 6.34. The monoisotopic (exact) mass is 408 g/mol. The molecule has 1 spiro atoms. The third-order valence-electron chi connectivity index (χ3n) is 5.99. The van der Waals surface area contributed by atoms with E-state index in [0.29, 0.717) is 18.1 Å². The lowest BCUT2D eigenvalue weighted by molar-refractivity contribution is 0.250. The molecule has 1 aromatic carbocycles. The van der Waals surface area contributed by atoms with Gasteiger partial charge in [0.15, 0.2) is 0 Å². The molecule has 0 saturated heterocycles. The number of rotatable bonds is 4. The highest BCUT2D eigenvalue weighted by atomic mass is 35.5. The average molecular weight is 409 g/mol. The molecule has 3 N–H and O–H groups in total. The molecule has 150 valence electrons. The molecule has 0 radical (unpaired) electrons. The van der Waals surface area contributed by atoms with Crippen LogP contribution in [0.2, 0.25) is 5.02 Å². The summed E-state index contributed by atoms with van der Waals surface area (Å²) in [5.41, 5.74) is 3.87. The van der Waals surface area contributed by atoms with Gasteiger partial charge in [-0.1, -0.05) is 43.5 Å². The maximum Gasteiger partial charge on any atom is 0.142 e. The molecule has 2 aliphatic rings. The lowest BCUT2D eigenvalue weighted by Gasteiger charge is -2.44. The van der Waals surface area contributed by atoms with E-state index in [-0.39, 0.29) is 5.54 Å². The summed E-state index contributed by atoms with van der Waals surface area (Å²) < 4.78 is 6.37. The number of aromatic nitrogens is 1. The summed E-state index contributed by atoms with van der Waals surface area (Å²) in [5.74, 6) is 1.71. The zero-order valence-corrected chi connectivity index (χ0v) is 17.1. The number of hydrogen-bond acceptors (Lipinski definition) is 5. The predicted octanol–water partition coefficient (Wildman–Crippen LogP) is 5.42. The third-order valence-corrected chi connectivity index (χ3v) is 6.29. The lowest BCUT2D eigenvalue weighted by atomic mass is 9.74. The molecule has 5 rings (SSSR count). The number of benzene rings is 1. The van der Waals surface area contributed by atoms with Crippen molar-refractivity contribution in [2.45, 2.75) is 50.7 Å². The Hall–Kier alpha value is -2.50. The fourth-order valence-electron chi connectivity index (χ4n) is 4.75. The molecule has 1 aliphatic carbocycles. The van der Waals surface area contributed by atoms with Crippen molar-refractivity contribution in [1.29, 1.82) is 0 Å². The van der Waals surface area contributed by atoms with Crippen LogP contribution in [0, 0.1) is 0 Å². The van der Waals surface area contributed by atoms with Gasteiger partial charge < -0.3 is 20.4 Å². The second kappa shape index (κ2) is 7.39. The highest BCUT2D eigenvalue weighted by Gasteiger charge is 2.42. The number of anilines is 1. The van der Waals surface area contributed by atoms with E-state index in [1.54, 1.807) is 0 Å². The van der Waals surface area contributed by atoms with E-state index in [9.17, 15) is 0 Å². The van der Waals surface area contributed by atoms with Gasteiger partial charge in [0.2, 0.25) is 0 Å². The molecule has 0 atom stereocenters. The van der Waals surface area contributed by atoms with Gasteiger partial charge in [-0.25, -0.2) is 0 Å². The normalized spacial score (nSPS) is 17.8. The standard InChI is InChI=1S/C23H25ClN4O/c1-15-27-21-19(24)12-16-11-18(14-25-13-17-7-3-6-10-26-17)29-22(16)20(21)23(28-15)8-4-2-5-9-23/h3,6-7,10-12,25,27-28H,1-2,4-5,8-9,13-14H2. The number of pyridine rings is 1. The van der Waals surface area contributed by atoms with E-state index in [2.05, 4.69) is 33.6 Å².